The van der Waals surface area contributed by atoms with Gasteiger partial charge in [0.15, 0.2) is 5.96 Å². The molecule has 0 aliphatic carbocycles. The first-order valence-corrected chi connectivity index (χ1v) is 7.90. The third-order valence-corrected chi connectivity index (χ3v) is 3.71. The Morgan fingerprint density at radius 1 is 1.24 bits per heavy atom. The number of halogens is 1. The van der Waals surface area contributed by atoms with Crippen LogP contribution in [0.15, 0.2) is 4.99 Å². The normalized spacial score (nSPS) is 20.2. The third kappa shape index (κ3) is 8.83. The number of guanidine groups is 1. The Hall–Kier alpha value is -0.0800. The van der Waals surface area contributed by atoms with Gasteiger partial charge in [0.25, 0.3) is 0 Å². The quantitative estimate of drug-likeness (QED) is 0.269. The topological polar surface area (TPSA) is 51.7 Å². The summed E-state index contributed by atoms with van der Waals surface area (Å²) in [6.07, 6.45) is 2.62. The molecule has 21 heavy (non-hydrogen) atoms. The molecule has 5 nitrogen and oxygen atoms in total. The molecule has 0 spiro atoms. The van der Waals surface area contributed by atoms with Gasteiger partial charge in [0.1, 0.15) is 0 Å². The first kappa shape index (κ1) is 20.9. The van der Waals surface area contributed by atoms with Crippen molar-refractivity contribution in [2.45, 2.75) is 52.1 Å². The second-order valence-electron chi connectivity index (χ2n) is 6.48. The second-order valence-corrected chi connectivity index (χ2v) is 6.48. The van der Waals surface area contributed by atoms with E-state index < -0.39 is 0 Å². The minimum absolute atomic E-state index is 0. The molecule has 1 heterocycles. The van der Waals surface area contributed by atoms with Crippen molar-refractivity contribution >= 4 is 29.9 Å². The molecule has 1 saturated heterocycles. The summed E-state index contributed by atoms with van der Waals surface area (Å²) in [6.45, 7) is 14.0. The van der Waals surface area contributed by atoms with Crippen LogP contribution in [0.1, 0.15) is 40.5 Å². The first-order valence-electron chi connectivity index (χ1n) is 7.90. The van der Waals surface area contributed by atoms with Crippen LogP contribution in [0, 0.1) is 0 Å². The lowest BCUT2D eigenvalue weighted by atomic mass is 10.1. The minimum atomic E-state index is 0. The Morgan fingerprint density at radius 3 is 2.52 bits per heavy atom. The molecule has 3 N–H and O–H groups in total. The lowest BCUT2D eigenvalue weighted by Gasteiger charge is -2.24. The lowest BCUT2D eigenvalue weighted by molar-refractivity contribution is 0.267. The van der Waals surface area contributed by atoms with Crippen LogP contribution in [0.2, 0.25) is 0 Å². The molecule has 0 aromatic carbocycles. The maximum absolute atomic E-state index is 4.28. The van der Waals surface area contributed by atoms with Crippen molar-refractivity contribution in [1.29, 1.82) is 0 Å². The molecule has 126 valence electrons. The summed E-state index contributed by atoms with van der Waals surface area (Å²) in [5, 5.41) is 10.3. The molecule has 0 bridgehead atoms. The van der Waals surface area contributed by atoms with E-state index in [0.29, 0.717) is 6.04 Å². The van der Waals surface area contributed by atoms with Crippen molar-refractivity contribution in [3.05, 3.63) is 0 Å². The number of aliphatic imine (C=N–C) groups is 1. The maximum atomic E-state index is 4.28. The Morgan fingerprint density at radius 2 is 1.95 bits per heavy atom. The van der Waals surface area contributed by atoms with Crippen LogP contribution in [0.4, 0.5) is 0 Å². The number of nitrogens with zero attached hydrogens (tertiary/aromatic N) is 2. The summed E-state index contributed by atoms with van der Waals surface area (Å²) in [5.74, 6) is 0.906. The molecule has 0 aromatic heterocycles. The van der Waals surface area contributed by atoms with Gasteiger partial charge in [-0.1, -0.05) is 6.92 Å². The van der Waals surface area contributed by atoms with Gasteiger partial charge in [0, 0.05) is 38.3 Å². The summed E-state index contributed by atoms with van der Waals surface area (Å²) < 4.78 is 0. The van der Waals surface area contributed by atoms with Crippen LogP contribution < -0.4 is 16.0 Å². The Labute approximate surface area is 147 Å². The van der Waals surface area contributed by atoms with Crippen molar-refractivity contribution in [2.24, 2.45) is 4.99 Å². The number of likely N-dealkylation sites (tertiary alicyclic amines) is 1. The van der Waals surface area contributed by atoms with Gasteiger partial charge in [0.2, 0.25) is 0 Å². The fourth-order valence-corrected chi connectivity index (χ4v) is 2.60. The SMILES string of the molecule is CCN1CCCC1CNC(=NC)NCCNC(C)(C)C.I. The number of likely N-dealkylation sites (N-methyl/N-ethyl adjacent to an activating group) is 1. The molecule has 1 atom stereocenters. The Bertz CT molecular complexity index is 301. The van der Waals surface area contributed by atoms with Crippen molar-refractivity contribution in [2.75, 3.05) is 39.8 Å². The average Bonchev–Trinajstić information content (AvgIpc) is 2.84. The molecule has 1 aliphatic heterocycles. The van der Waals surface area contributed by atoms with E-state index in [2.05, 4.69) is 53.5 Å². The smallest absolute Gasteiger partial charge is 0.191 e. The molecule has 1 rings (SSSR count). The molecule has 6 heteroatoms. The average molecular weight is 411 g/mol. The first-order chi connectivity index (χ1) is 9.46. The van der Waals surface area contributed by atoms with Crippen molar-refractivity contribution < 1.29 is 0 Å². The largest absolute Gasteiger partial charge is 0.355 e. The third-order valence-electron chi connectivity index (χ3n) is 3.71. The predicted molar refractivity (Wildman–Crippen MR) is 103 cm³/mol. The van der Waals surface area contributed by atoms with Crippen LogP contribution in [0.3, 0.4) is 0 Å². The standard InChI is InChI=1S/C15H33N5.HI/c1-6-20-11-7-8-13(20)12-18-14(16-5)17-9-10-19-15(2,3)4;/h13,19H,6-12H2,1-5H3,(H2,16,17,18);1H. The number of hydrogen-bond donors (Lipinski definition) is 3. The fraction of sp³-hybridized carbons (Fsp3) is 0.933. The van der Waals surface area contributed by atoms with Gasteiger partial charge < -0.3 is 16.0 Å². The van der Waals surface area contributed by atoms with Crippen molar-refractivity contribution in [3.8, 4) is 0 Å². The highest BCUT2D eigenvalue weighted by atomic mass is 127. The van der Waals surface area contributed by atoms with E-state index in [-0.39, 0.29) is 29.5 Å². The summed E-state index contributed by atoms with van der Waals surface area (Å²) in [5.41, 5.74) is 0.171. The number of nitrogens with one attached hydrogen (secondary N) is 3. The van der Waals surface area contributed by atoms with Crippen LogP contribution >= 0.6 is 24.0 Å². The van der Waals surface area contributed by atoms with Gasteiger partial charge in [-0.25, -0.2) is 0 Å². The van der Waals surface area contributed by atoms with E-state index in [9.17, 15) is 0 Å². The molecule has 1 fully saturated rings. The summed E-state index contributed by atoms with van der Waals surface area (Å²) in [7, 11) is 1.83. The molecular formula is C15H34IN5. The molecule has 0 saturated carbocycles. The van der Waals surface area contributed by atoms with Crippen LogP contribution in [0.5, 0.6) is 0 Å². The van der Waals surface area contributed by atoms with E-state index >= 15 is 0 Å². The zero-order chi connectivity index (χ0) is 15.0. The highest BCUT2D eigenvalue weighted by Crippen LogP contribution is 2.15. The molecule has 1 aliphatic rings. The molecule has 1 unspecified atom stereocenters. The van der Waals surface area contributed by atoms with E-state index in [0.717, 1.165) is 32.1 Å². The number of hydrogen-bond acceptors (Lipinski definition) is 3. The monoisotopic (exact) mass is 411 g/mol. The predicted octanol–water partition coefficient (Wildman–Crippen LogP) is 1.64. The van der Waals surface area contributed by atoms with Crippen LogP contribution in [0.25, 0.3) is 0 Å². The zero-order valence-electron chi connectivity index (χ0n) is 14.3. The highest BCUT2D eigenvalue weighted by Gasteiger charge is 2.22. The van der Waals surface area contributed by atoms with Crippen LogP contribution in [-0.2, 0) is 0 Å². The van der Waals surface area contributed by atoms with E-state index in [1.54, 1.807) is 0 Å². The summed E-state index contributed by atoms with van der Waals surface area (Å²) in [4.78, 5) is 6.83. The maximum Gasteiger partial charge on any atom is 0.191 e. The van der Waals surface area contributed by atoms with E-state index in [1.165, 1.54) is 19.4 Å². The molecule has 0 aromatic rings. The highest BCUT2D eigenvalue weighted by molar-refractivity contribution is 14.0. The lowest BCUT2D eigenvalue weighted by Crippen LogP contribution is -2.47. The molecule has 0 radical (unpaired) electrons. The van der Waals surface area contributed by atoms with Gasteiger partial charge >= 0.3 is 0 Å². The van der Waals surface area contributed by atoms with Gasteiger partial charge in [-0.05, 0) is 46.7 Å². The summed E-state index contributed by atoms with van der Waals surface area (Å²) >= 11 is 0. The molecular weight excluding hydrogens is 377 g/mol. The number of rotatable bonds is 6. The van der Waals surface area contributed by atoms with Gasteiger partial charge in [0.05, 0.1) is 0 Å². The fourth-order valence-electron chi connectivity index (χ4n) is 2.60. The van der Waals surface area contributed by atoms with E-state index in [4.69, 9.17) is 0 Å². The van der Waals surface area contributed by atoms with Gasteiger partial charge in [-0.15, -0.1) is 24.0 Å². The summed E-state index contributed by atoms with van der Waals surface area (Å²) in [6, 6.07) is 0.659. The van der Waals surface area contributed by atoms with Gasteiger partial charge in [-0.2, -0.15) is 0 Å². The van der Waals surface area contributed by atoms with Crippen molar-refractivity contribution in [3.63, 3.8) is 0 Å². The zero-order valence-corrected chi connectivity index (χ0v) is 16.7. The minimum Gasteiger partial charge on any atom is -0.355 e. The van der Waals surface area contributed by atoms with E-state index in [1.807, 2.05) is 7.05 Å². The van der Waals surface area contributed by atoms with Crippen LogP contribution in [-0.4, -0.2) is 62.2 Å². The molecule has 0 amide bonds. The Balaban J connectivity index is 0.00000400. The second kappa shape index (κ2) is 10.6. The Kier molecular flexibility index (Phi) is 10.6. The van der Waals surface area contributed by atoms with Gasteiger partial charge in [-0.3, -0.25) is 9.89 Å². The van der Waals surface area contributed by atoms with Crippen molar-refractivity contribution in [1.82, 2.24) is 20.9 Å².